The maximum atomic E-state index is 12.7. The van der Waals surface area contributed by atoms with Gasteiger partial charge in [0.25, 0.3) is 5.91 Å². The molecule has 0 aliphatic heterocycles. The Morgan fingerprint density at radius 1 is 1.08 bits per heavy atom. The van der Waals surface area contributed by atoms with Crippen LogP contribution >= 0.6 is 0 Å². The van der Waals surface area contributed by atoms with Gasteiger partial charge in [-0.1, -0.05) is 20.8 Å². The van der Waals surface area contributed by atoms with Gasteiger partial charge in [0, 0.05) is 22.7 Å². The van der Waals surface area contributed by atoms with E-state index in [1.807, 2.05) is 13.8 Å². The standard InChI is InChI=1S/C29H29N5O4/c1-18(2)29(36)38-12-11-37-25-8-5-22(6-9-25)28(35)32-26-10-7-24(14-19(26)3)33-34-27-20(4)13-21(16-30)15-23(27)17-31/h5-10,14-15,18,20H,11-13H2,1-4H3,(H,32,35). The predicted octanol–water partition coefficient (Wildman–Crippen LogP) is 6.18. The summed E-state index contributed by atoms with van der Waals surface area (Å²) in [5.41, 5.74) is 3.90. The summed E-state index contributed by atoms with van der Waals surface area (Å²) in [5.74, 6) is -0.264. The number of esters is 1. The Balaban J connectivity index is 1.60. The zero-order chi connectivity index (χ0) is 27.7. The molecule has 38 heavy (non-hydrogen) atoms. The lowest BCUT2D eigenvalue weighted by Crippen LogP contribution is -2.16. The third-order valence-corrected chi connectivity index (χ3v) is 5.77. The molecule has 0 fully saturated rings. The van der Waals surface area contributed by atoms with E-state index in [9.17, 15) is 14.9 Å². The number of nitrogens with one attached hydrogen (secondary N) is 1. The minimum Gasteiger partial charge on any atom is -0.490 e. The number of carbonyl (C=O) groups is 2. The van der Waals surface area contributed by atoms with Gasteiger partial charge in [-0.05, 0) is 67.4 Å². The number of benzene rings is 2. The number of hydrogen-bond acceptors (Lipinski definition) is 8. The molecule has 194 valence electrons. The van der Waals surface area contributed by atoms with Gasteiger partial charge in [0.15, 0.2) is 0 Å². The number of nitriles is 2. The molecule has 2 aromatic carbocycles. The smallest absolute Gasteiger partial charge is 0.308 e. The highest BCUT2D eigenvalue weighted by atomic mass is 16.6. The van der Waals surface area contributed by atoms with Crippen molar-refractivity contribution in [2.75, 3.05) is 18.5 Å². The van der Waals surface area contributed by atoms with Crippen molar-refractivity contribution in [1.82, 2.24) is 0 Å². The van der Waals surface area contributed by atoms with Crippen LogP contribution in [0.5, 0.6) is 5.75 Å². The van der Waals surface area contributed by atoms with Crippen molar-refractivity contribution < 1.29 is 19.1 Å². The first-order valence-electron chi connectivity index (χ1n) is 12.2. The van der Waals surface area contributed by atoms with E-state index >= 15 is 0 Å². The molecule has 1 amide bonds. The normalized spacial score (nSPS) is 15.0. The van der Waals surface area contributed by atoms with Crippen LogP contribution in [0, 0.1) is 41.4 Å². The molecule has 1 aliphatic rings. The topological polar surface area (TPSA) is 137 Å². The number of nitrogens with zero attached hydrogens (tertiary/aromatic N) is 4. The van der Waals surface area contributed by atoms with E-state index in [-0.39, 0.29) is 36.9 Å². The van der Waals surface area contributed by atoms with E-state index in [0.29, 0.717) is 46.0 Å². The first-order chi connectivity index (χ1) is 18.2. The molecule has 9 heteroatoms. The monoisotopic (exact) mass is 511 g/mol. The second kappa shape index (κ2) is 13.0. The second-order valence-corrected chi connectivity index (χ2v) is 9.15. The van der Waals surface area contributed by atoms with E-state index in [0.717, 1.165) is 5.56 Å². The Morgan fingerprint density at radius 3 is 2.45 bits per heavy atom. The molecule has 3 rings (SSSR count). The molecule has 1 N–H and O–H groups in total. The Labute approximate surface area is 222 Å². The van der Waals surface area contributed by atoms with Gasteiger partial charge < -0.3 is 14.8 Å². The Kier molecular flexibility index (Phi) is 9.50. The maximum absolute atomic E-state index is 12.7. The van der Waals surface area contributed by atoms with E-state index in [4.69, 9.17) is 14.7 Å². The third kappa shape index (κ3) is 7.37. The van der Waals surface area contributed by atoms with Gasteiger partial charge in [0.2, 0.25) is 0 Å². The fourth-order valence-corrected chi connectivity index (χ4v) is 3.65. The molecular formula is C29H29N5O4. The molecule has 1 unspecified atom stereocenters. The molecule has 1 atom stereocenters. The van der Waals surface area contributed by atoms with E-state index in [1.54, 1.807) is 62.4 Å². The molecule has 0 radical (unpaired) electrons. The molecule has 0 heterocycles. The first kappa shape index (κ1) is 27.8. The number of allylic oxidation sites excluding steroid dienone is 4. The zero-order valence-corrected chi connectivity index (χ0v) is 21.8. The van der Waals surface area contributed by atoms with Crippen molar-refractivity contribution >= 4 is 23.3 Å². The predicted molar refractivity (Wildman–Crippen MR) is 141 cm³/mol. The van der Waals surface area contributed by atoms with Gasteiger partial charge in [0.1, 0.15) is 25.0 Å². The third-order valence-electron chi connectivity index (χ3n) is 5.77. The largest absolute Gasteiger partial charge is 0.490 e. The Bertz CT molecular complexity index is 1380. The van der Waals surface area contributed by atoms with Gasteiger partial charge in [-0.15, -0.1) is 0 Å². The van der Waals surface area contributed by atoms with Crippen LogP contribution in [0.3, 0.4) is 0 Å². The van der Waals surface area contributed by atoms with Gasteiger partial charge >= 0.3 is 5.97 Å². The van der Waals surface area contributed by atoms with E-state index < -0.39 is 0 Å². The summed E-state index contributed by atoms with van der Waals surface area (Å²) < 4.78 is 10.6. The van der Waals surface area contributed by atoms with Crippen LogP contribution in [-0.2, 0) is 9.53 Å². The van der Waals surface area contributed by atoms with Crippen molar-refractivity contribution in [3.63, 3.8) is 0 Å². The highest BCUT2D eigenvalue weighted by Crippen LogP contribution is 2.31. The lowest BCUT2D eigenvalue weighted by atomic mass is 9.89. The summed E-state index contributed by atoms with van der Waals surface area (Å²) >= 11 is 0. The van der Waals surface area contributed by atoms with E-state index in [2.05, 4.69) is 27.7 Å². The van der Waals surface area contributed by atoms with Crippen molar-refractivity contribution in [2.45, 2.75) is 34.1 Å². The summed E-state index contributed by atoms with van der Waals surface area (Å²) in [4.78, 5) is 24.2. The minimum atomic E-state index is -0.278. The molecular weight excluding hydrogens is 482 g/mol. The first-order valence-corrected chi connectivity index (χ1v) is 12.2. The fourth-order valence-electron chi connectivity index (χ4n) is 3.65. The van der Waals surface area contributed by atoms with Crippen molar-refractivity contribution in [1.29, 1.82) is 10.5 Å². The van der Waals surface area contributed by atoms with E-state index in [1.165, 1.54) is 0 Å². The summed E-state index contributed by atoms with van der Waals surface area (Å²) in [6.07, 6.45) is 2.07. The Hall–Kier alpha value is -4.76. The maximum Gasteiger partial charge on any atom is 0.308 e. The molecule has 0 saturated heterocycles. The Morgan fingerprint density at radius 2 is 1.82 bits per heavy atom. The molecule has 9 nitrogen and oxygen atoms in total. The van der Waals surface area contributed by atoms with Crippen LogP contribution in [0.2, 0.25) is 0 Å². The number of anilines is 1. The molecule has 1 aliphatic carbocycles. The second-order valence-electron chi connectivity index (χ2n) is 9.15. The number of ether oxygens (including phenoxy) is 2. The van der Waals surface area contributed by atoms with Crippen LogP contribution < -0.4 is 10.1 Å². The van der Waals surface area contributed by atoms with Crippen molar-refractivity contribution in [3.05, 3.63) is 76.5 Å². The number of hydrogen-bond donors (Lipinski definition) is 1. The SMILES string of the molecule is Cc1cc(N=NC2=C(C#N)C=C(C#N)CC2C)ccc1NC(=O)c1ccc(OCCOC(=O)C(C)C)cc1. The van der Waals surface area contributed by atoms with Crippen molar-refractivity contribution in [3.8, 4) is 17.9 Å². The lowest BCUT2D eigenvalue weighted by Gasteiger charge is -2.16. The van der Waals surface area contributed by atoms with Crippen LogP contribution in [-0.4, -0.2) is 25.1 Å². The van der Waals surface area contributed by atoms with Crippen LogP contribution in [0.15, 0.2) is 75.6 Å². The summed E-state index contributed by atoms with van der Waals surface area (Å²) in [5, 5.41) is 30.0. The molecule has 0 bridgehead atoms. The zero-order valence-electron chi connectivity index (χ0n) is 21.8. The average molecular weight is 512 g/mol. The van der Waals surface area contributed by atoms with Gasteiger partial charge in [-0.2, -0.15) is 20.8 Å². The quantitative estimate of drug-likeness (QED) is 0.243. The van der Waals surface area contributed by atoms with Gasteiger partial charge in [-0.25, -0.2) is 0 Å². The molecule has 2 aromatic rings. The average Bonchev–Trinajstić information content (AvgIpc) is 2.91. The van der Waals surface area contributed by atoms with Crippen LogP contribution in [0.4, 0.5) is 11.4 Å². The molecule has 0 saturated carbocycles. The van der Waals surface area contributed by atoms with Crippen LogP contribution in [0.1, 0.15) is 43.1 Å². The number of carbonyl (C=O) groups excluding carboxylic acids is 2. The number of amides is 1. The fraction of sp³-hybridized carbons (Fsp3) is 0.310. The van der Waals surface area contributed by atoms with Gasteiger partial charge in [0.05, 0.1) is 28.9 Å². The summed E-state index contributed by atoms with van der Waals surface area (Å²) in [6.45, 7) is 7.66. The molecule has 0 spiro atoms. The van der Waals surface area contributed by atoms with Gasteiger partial charge in [-0.3, -0.25) is 9.59 Å². The van der Waals surface area contributed by atoms with Crippen molar-refractivity contribution in [2.24, 2.45) is 22.1 Å². The number of azo groups is 1. The van der Waals surface area contributed by atoms with Crippen LogP contribution in [0.25, 0.3) is 0 Å². The summed E-state index contributed by atoms with van der Waals surface area (Å²) in [6, 6.07) is 16.1. The number of aryl methyl sites for hydroxylation is 1. The minimum absolute atomic E-state index is 0.0908. The number of rotatable bonds is 9. The highest BCUT2D eigenvalue weighted by molar-refractivity contribution is 6.04. The highest BCUT2D eigenvalue weighted by Gasteiger charge is 2.21. The lowest BCUT2D eigenvalue weighted by molar-refractivity contribution is -0.148. The molecule has 0 aromatic heterocycles. The summed E-state index contributed by atoms with van der Waals surface area (Å²) in [7, 11) is 0.